The Labute approximate surface area is 171 Å². The average molecular weight is 422 g/mol. The number of fused-ring (bicyclic) bond motifs is 1. The van der Waals surface area contributed by atoms with Crippen LogP contribution in [0.4, 0.5) is 18.9 Å². The van der Waals surface area contributed by atoms with E-state index in [1.165, 1.54) is 18.2 Å². The molecule has 3 rings (SSSR count). The molecule has 0 unspecified atom stereocenters. The van der Waals surface area contributed by atoms with Crippen molar-refractivity contribution in [3.05, 3.63) is 46.8 Å². The highest BCUT2D eigenvalue weighted by Crippen LogP contribution is 2.42. The van der Waals surface area contributed by atoms with Gasteiger partial charge in [0.25, 0.3) is 0 Å². The van der Waals surface area contributed by atoms with Gasteiger partial charge in [-0.2, -0.15) is 18.2 Å². The van der Waals surface area contributed by atoms with Gasteiger partial charge in [-0.15, -0.1) is 0 Å². The summed E-state index contributed by atoms with van der Waals surface area (Å²) < 4.78 is 61.7. The molecule has 1 aromatic carbocycles. The summed E-state index contributed by atoms with van der Waals surface area (Å²) in [4.78, 5) is 6.90. The molecule has 0 fully saturated rings. The van der Waals surface area contributed by atoms with Crippen LogP contribution in [0.1, 0.15) is 25.0 Å². The summed E-state index contributed by atoms with van der Waals surface area (Å²) in [7, 11) is -1.08. The summed E-state index contributed by atoms with van der Waals surface area (Å²) in [5.74, 6) is -0.941. The highest BCUT2D eigenvalue weighted by molar-refractivity contribution is 6.61. The van der Waals surface area contributed by atoms with Crippen molar-refractivity contribution in [2.45, 2.75) is 32.7 Å². The fourth-order valence-electron chi connectivity index (χ4n) is 2.74. The number of pyridine rings is 1. The van der Waals surface area contributed by atoms with E-state index in [1.54, 1.807) is 0 Å². The van der Waals surface area contributed by atoms with Crippen molar-refractivity contribution in [2.75, 3.05) is 13.2 Å². The van der Waals surface area contributed by atoms with Crippen LogP contribution in [-0.2, 0) is 22.2 Å². The van der Waals surface area contributed by atoms with Crippen LogP contribution >= 0.6 is 0 Å². The number of aromatic nitrogens is 1. The molecule has 0 spiro atoms. The second-order valence-electron chi connectivity index (χ2n) is 6.67. The standard InChI is InChI=1S/C19H18BF3N2O5/c1-11(2)27-6-7-28-18-16(24-3)9-14(19(21,22)23)17(25-18)30-13-4-5-15-12(8-13)10-29-20(15)26/h4-5,8-9,11,26H,6-7,10H2,1-2H3. The lowest BCUT2D eigenvalue weighted by atomic mass is 9.80. The van der Waals surface area contributed by atoms with Crippen LogP contribution in [0.25, 0.3) is 4.85 Å². The first-order valence-corrected chi connectivity index (χ1v) is 9.03. The molecule has 2 heterocycles. The molecule has 0 radical (unpaired) electrons. The second kappa shape index (κ2) is 8.91. The van der Waals surface area contributed by atoms with Gasteiger partial charge in [0.15, 0.2) is 0 Å². The molecular formula is C19H18BF3N2O5. The highest BCUT2D eigenvalue weighted by Gasteiger charge is 2.37. The molecule has 1 aromatic heterocycles. The molecule has 7 nitrogen and oxygen atoms in total. The van der Waals surface area contributed by atoms with E-state index in [2.05, 4.69) is 9.83 Å². The molecule has 1 N–H and O–H groups in total. The molecule has 0 aliphatic carbocycles. The normalized spacial score (nSPS) is 13.3. The lowest BCUT2D eigenvalue weighted by molar-refractivity contribution is -0.138. The molecule has 0 saturated heterocycles. The van der Waals surface area contributed by atoms with Crippen molar-refractivity contribution in [3.8, 4) is 17.5 Å². The largest absolute Gasteiger partial charge is 0.491 e. The van der Waals surface area contributed by atoms with Crippen LogP contribution in [0.3, 0.4) is 0 Å². The van der Waals surface area contributed by atoms with Crippen LogP contribution in [0.2, 0.25) is 0 Å². The minimum atomic E-state index is -4.79. The molecule has 158 valence electrons. The van der Waals surface area contributed by atoms with Crippen LogP contribution in [-0.4, -0.2) is 36.4 Å². The van der Waals surface area contributed by atoms with Gasteiger partial charge in [0.1, 0.15) is 17.9 Å². The van der Waals surface area contributed by atoms with Gasteiger partial charge < -0.3 is 23.9 Å². The van der Waals surface area contributed by atoms with Gasteiger partial charge in [0, 0.05) is 0 Å². The van der Waals surface area contributed by atoms with Gasteiger partial charge in [0.05, 0.1) is 25.9 Å². The Kier molecular flexibility index (Phi) is 6.50. The number of halogens is 3. The number of hydrogen-bond acceptors (Lipinski definition) is 6. The van der Waals surface area contributed by atoms with Gasteiger partial charge in [-0.3, -0.25) is 0 Å². The zero-order valence-electron chi connectivity index (χ0n) is 16.2. The average Bonchev–Trinajstić information content (AvgIpc) is 3.04. The van der Waals surface area contributed by atoms with E-state index in [0.29, 0.717) is 17.1 Å². The minimum Gasteiger partial charge on any atom is -0.484 e. The summed E-state index contributed by atoms with van der Waals surface area (Å²) in [6, 6.07) is 5.02. The third-order valence-corrected chi connectivity index (χ3v) is 4.12. The Morgan fingerprint density at radius 3 is 2.70 bits per heavy atom. The summed E-state index contributed by atoms with van der Waals surface area (Å²) in [5, 5.41) is 9.66. The maximum absolute atomic E-state index is 13.5. The van der Waals surface area contributed by atoms with Crippen molar-refractivity contribution < 1.29 is 37.1 Å². The molecule has 0 bridgehead atoms. The summed E-state index contributed by atoms with van der Waals surface area (Å²) >= 11 is 0. The molecule has 1 aliphatic heterocycles. The maximum Gasteiger partial charge on any atom is 0.491 e. The van der Waals surface area contributed by atoms with Crippen LogP contribution in [0.15, 0.2) is 24.3 Å². The molecule has 11 heteroatoms. The molecule has 0 atom stereocenters. The van der Waals surface area contributed by atoms with E-state index in [9.17, 15) is 18.2 Å². The van der Waals surface area contributed by atoms with Gasteiger partial charge in [-0.25, -0.2) is 4.85 Å². The van der Waals surface area contributed by atoms with Crippen molar-refractivity contribution in [1.82, 2.24) is 4.98 Å². The topological polar surface area (TPSA) is 74.4 Å². The van der Waals surface area contributed by atoms with Gasteiger partial charge in [-0.1, -0.05) is 6.07 Å². The van der Waals surface area contributed by atoms with Crippen LogP contribution in [0, 0.1) is 6.57 Å². The van der Waals surface area contributed by atoms with E-state index in [4.69, 9.17) is 25.4 Å². The molecular weight excluding hydrogens is 404 g/mol. The Hall–Kier alpha value is -2.81. The summed E-state index contributed by atoms with van der Waals surface area (Å²) in [5.41, 5.74) is -0.474. The highest BCUT2D eigenvalue weighted by atomic mass is 19.4. The molecule has 0 amide bonds. The van der Waals surface area contributed by atoms with E-state index >= 15 is 0 Å². The quantitative estimate of drug-likeness (QED) is 0.419. The zero-order chi connectivity index (χ0) is 21.9. The smallest absolute Gasteiger partial charge is 0.484 e. The van der Waals surface area contributed by atoms with Gasteiger partial charge in [0.2, 0.25) is 17.4 Å². The zero-order valence-corrected chi connectivity index (χ0v) is 16.2. The number of rotatable bonds is 7. The first kappa shape index (κ1) is 21.9. The van der Waals surface area contributed by atoms with Gasteiger partial charge >= 0.3 is 13.3 Å². The van der Waals surface area contributed by atoms with Crippen LogP contribution in [0.5, 0.6) is 17.5 Å². The van der Waals surface area contributed by atoms with E-state index < -0.39 is 24.7 Å². The fraction of sp³-hybridized carbons (Fsp3) is 0.368. The predicted octanol–water partition coefficient (Wildman–Crippen LogP) is 3.46. The van der Waals surface area contributed by atoms with E-state index in [-0.39, 0.29) is 43.2 Å². The monoisotopic (exact) mass is 422 g/mol. The predicted molar refractivity (Wildman–Crippen MR) is 101 cm³/mol. The molecule has 1 aliphatic rings. The van der Waals surface area contributed by atoms with Crippen LogP contribution < -0.4 is 14.9 Å². The van der Waals surface area contributed by atoms with Crippen molar-refractivity contribution in [2.24, 2.45) is 0 Å². The summed E-state index contributed by atoms with van der Waals surface area (Å²) in [6.45, 7) is 11.1. The van der Waals surface area contributed by atoms with E-state index in [1.807, 2.05) is 13.8 Å². The molecule has 30 heavy (non-hydrogen) atoms. The molecule has 2 aromatic rings. The maximum atomic E-state index is 13.5. The third-order valence-electron chi connectivity index (χ3n) is 4.12. The molecule has 0 saturated carbocycles. The number of benzene rings is 1. The SMILES string of the molecule is [C-]#[N+]c1cc(C(F)(F)F)c(Oc2ccc3c(c2)COB3O)nc1OCCOC(C)C. The first-order chi connectivity index (χ1) is 14.2. The number of hydrogen-bond donors (Lipinski definition) is 1. The Morgan fingerprint density at radius 2 is 2.03 bits per heavy atom. The Balaban J connectivity index is 1.91. The summed E-state index contributed by atoms with van der Waals surface area (Å²) in [6.07, 6.45) is -4.84. The van der Waals surface area contributed by atoms with Gasteiger partial charge in [-0.05, 0) is 43.1 Å². The van der Waals surface area contributed by atoms with Crippen molar-refractivity contribution in [3.63, 3.8) is 0 Å². The Morgan fingerprint density at radius 1 is 1.27 bits per heavy atom. The van der Waals surface area contributed by atoms with E-state index in [0.717, 1.165) is 0 Å². The first-order valence-electron chi connectivity index (χ1n) is 9.03. The lowest BCUT2D eigenvalue weighted by Crippen LogP contribution is -2.27. The third kappa shape index (κ3) is 5.02. The lowest BCUT2D eigenvalue weighted by Gasteiger charge is -2.16. The fourth-order valence-corrected chi connectivity index (χ4v) is 2.74. The Bertz CT molecular complexity index is 962. The number of ether oxygens (including phenoxy) is 3. The second-order valence-corrected chi connectivity index (χ2v) is 6.67. The number of nitrogens with zero attached hydrogens (tertiary/aromatic N) is 2. The minimum absolute atomic E-state index is 0.00652. The van der Waals surface area contributed by atoms with Crippen molar-refractivity contribution >= 4 is 18.3 Å². The van der Waals surface area contributed by atoms with Crippen molar-refractivity contribution in [1.29, 1.82) is 0 Å². The number of alkyl halides is 3.